The molecule has 0 N–H and O–H groups in total. The summed E-state index contributed by atoms with van der Waals surface area (Å²) in [7, 11) is 0. The molecule has 0 aliphatic heterocycles. The molecule has 5 nitrogen and oxygen atoms in total. The smallest absolute Gasteiger partial charge is 0.260 e. The second-order valence-corrected chi connectivity index (χ2v) is 2.20. The van der Waals surface area contributed by atoms with Gasteiger partial charge < -0.3 is 0 Å². The second kappa shape index (κ2) is 4.68. The van der Waals surface area contributed by atoms with Crippen LogP contribution in [0.25, 0.3) is 0 Å². The highest BCUT2D eigenvalue weighted by molar-refractivity contribution is 5.70. The summed E-state index contributed by atoms with van der Waals surface area (Å²) in [6.45, 7) is 4.38. The topological polar surface area (TPSA) is 61.8 Å². The molecule has 0 aromatic rings. The highest BCUT2D eigenvalue weighted by atomic mass is 17.5. The van der Waals surface area contributed by atoms with Crippen molar-refractivity contribution in [2.75, 3.05) is 0 Å². The van der Waals surface area contributed by atoms with Crippen LogP contribution in [0, 0.1) is 5.92 Å². The maximum Gasteiger partial charge on any atom is 0.349 e. The molecule has 0 saturated carbocycles. The van der Waals surface area contributed by atoms with E-state index >= 15 is 0 Å². The molecule has 0 bridgehead atoms. The second-order valence-electron chi connectivity index (χ2n) is 2.20. The fourth-order valence-electron chi connectivity index (χ4n) is 0.195. The largest absolute Gasteiger partial charge is 0.349 e. The molecule has 0 radical (unpaired) electrons. The van der Waals surface area contributed by atoms with Crippen LogP contribution in [0.4, 0.5) is 0 Å². The van der Waals surface area contributed by atoms with Crippen LogP contribution in [0.3, 0.4) is 0 Å². The average Bonchev–Trinajstić information content (AvgIpc) is 1.86. The van der Waals surface area contributed by atoms with E-state index in [2.05, 4.69) is 14.8 Å². The molecule has 0 fully saturated rings. The molecule has 0 heterocycles. The number of rotatable bonds is 3. The molecule has 64 valence electrons. The molecule has 0 saturated heterocycles. The van der Waals surface area contributed by atoms with E-state index in [1.54, 1.807) is 13.8 Å². The lowest BCUT2D eigenvalue weighted by atomic mass is 10.2. The molecule has 0 aromatic carbocycles. The molecule has 0 aromatic heterocycles. The number of carbonyl (C=O) groups excluding carboxylic acids is 2. The van der Waals surface area contributed by atoms with Crippen LogP contribution in [0.1, 0.15) is 20.8 Å². The summed E-state index contributed by atoms with van der Waals surface area (Å²) in [5.74, 6) is -1.58. The van der Waals surface area contributed by atoms with Crippen molar-refractivity contribution in [3.8, 4) is 0 Å². The zero-order valence-corrected chi connectivity index (χ0v) is 6.62. The van der Waals surface area contributed by atoms with Crippen LogP contribution >= 0.6 is 0 Å². The van der Waals surface area contributed by atoms with E-state index in [-0.39, 0.29) is 5.92 Å². The Morgan fingerprint density at radius 3 is 2.09 bits per heavy atom. The SMILES string of the molecule is CC(=O)OOOC(=O)C(C)C. The standard InChI is InChI=1S/C6H10O5/c1-4(2)6(8)10-11-9-5(3)7/h4H,1-3H3. The summed E-state index contributed by atoms with van der Waals surface area (Å²) in [5, 5.41) is 3.82. The summed E-state index contributed by atoms with van der Waals surface area (Å²) in [4.78, 5) is 28.6. The van der Waals surface area contributed by atoms with Gasteiger partial charge in [-0.25, -0.2) is 9.59 Å². The third-order valence-corrected chi connectivity index (χ3v) is 0.739. The van der Waals surface area contributed by atoms with Gasteiger partial charge in [-0.1, -0.05) is 13.8 Å². The number of carbonyl (C=O) groups is 2. The summed E-state index contributed by atoms with van der Waals surface area (Å²) >= 11 is 0. The van der Waals surface area contributed by atoms with Gasteiger partial charge in [-0.3, -0.25) is 9.78 Å². The Kier molecular flexibility index (Phi) is 4.21. The van der Waals surface area contributed by atoms with Crippen molar-refractivity contribution >= 4 is 11.9 Å². The maximum absolute atomic E-state index is 10.6. The lowest BCUT2D eigenvalue weighted by Crippen LogP contribution is -2.13. The molecule has 0 amide bonds. The Morgan fingerprint density at radius 2 is 1.73 bits per heavy atom. The van der Waals surface area contributed by atoms with Crippen molar-refractivity contribution in [3.05, 3.63) is 0 Å². The first-order chi connectivity index (χ1) is 5.04. The summed E-state index contributed by atoms with van der Waals surface area (Å²) in [6, 6.07) is 0. The predicted octanol–water partition coefficient (Wildman–Crippen LogP) is 0.595. The van der Waals surface area contributed by atoms with Gasteiger partial charge in [-0.15, -0.1) is 0 Å². The monoisotopic (exact) mass is 162 g/mol. The van der Waals surface area contributed by atoms with E-state index in [0.717, 1.165) is 6.92 Å². The van der Waals surface area contributed by atoms with Gasteiger partial charge in [0.15, 0.2) is 0 Å². The van der Waals surface area contributed by atoms with E-state index in [4.69, 9.17) is 0 Å². The molecule has 0 aliphatic carbocycles. The normalized spacial score (nSPS) is 9.45. The van der Waals surface area contributed by atoms with Crippen molar-refractivity contribution in [1.29, 1.82) is 0 Å². The predicted molar refractivity (Wildman–Crippen MR) is 33.8 cm³/mol. The van der Waals surface area contributed by atoms with Crippen LogP contribution in [0.15, 0.2) is 0 Å². The summed E-state index contributed by atoms with van der Waals surface area (Å²) in [6.07, 6.45) is 0. The van der Waals surface area contributed by atoms with Gasteiger partial charge in [0.25, 0.3) is 0 Å². The first-order valence-corrected chi connectivity index (χ1v) is 3.09. The molecule has 0 rings (SSSR count). The van der Waals surface area contributed by atoms with Crippen molar-refractivity contribution in [1.82, 2.24) is 0 Å². The zero-order chi connectivity index (χ0) is 8.85. The molecular formula is C6H10O5. The molecular weight excluding hydrogens is 152 g/mol. The van der Waals surface area contributed by atoms with Crippen molar-refractivity contribution in [2.45, 2.75) is 20.8 Å². The lowest BCUT2D eigenvalue weighted by molar-refractivity contribution is -0.459. The molecule has 11 heavy (non-hydrogen) atoms. The van der Waals surface area contributed by atoms with Crippen molar-refractivity contribution in [2.24, 2.45) is 5.92 Å². The van der Waals surface area contributed by atoms with Crippen molar-refractivity contribution < 1.29 is 24.4 Å². The first-order valence-electron chi connectivity index (χ1n) is 3.09. The van der Waals surface area contributed by atoms with Gasteiger partial charge in [0.05, 0.1) is 5.92 Å². The van der Waals surface area contributed by atoms with E-state index < -0.39 is 11.9 Å². The molecule has 5 heteroatoms. The van der Waals surface area contributed by atoms with Crippen LogP contribution in [-0.4, -0.2) is 11.9 Å². The van der Waals surface area contributed by atoms with Crippen LogP contribution in [0.5, 0.6) is 0 Å². The van der Waals surface area contributed by atoms with Gasteiger partial charge in [0.1, 0.15) is 0 Å². The minimum atomic E-state index is -0.679. The maximum atomic E-state index is 10.6. The fraction of sp³-hybridized carbons (Fsp3) is 0.667. The number of hydrogen-bond donors (Lipinski definition) is 0. The summed E-state index contributed by atoms with van der Waals surface area (Å²) in [5.41, 5.74) is 0. The summed E-state index contributed by atoms with van der Waals surface area (Å²) < 4.78 is 0. The van der Waals surface area contributed by atoms with Gasteiger partial charge in [-0.05, 0) is 0 Å². The zero-order valence-electron chi connectivity index (χ0n) is 6.62. The quantitative estimate of drug-likeness (QED) is 0.449. The van der Waals surface area contributed by atoms with Gasteiger partial charge in [-0.2, -0.15) is 0 Å². The van der Waals surface area contributed by atoms with Crippen LogP contribution in [-0.2, 0) is 24.4 Å². The molecule has 0 aliphatic rings. The van der Waals surface area contributed by atoms with E-state index in [1.165, 1.54) is 0 Å². The van der Waals surface area contributed by atoms with Gasteiger partial charge in [0.2, 0.25) is 0 Å². The minimum Gasteiger partial charge on any atom is -0.260 e. The average molecular weight is 162 g/mol. The molecule has 0 spiro atoms. The van der Waals surface area contributed by atoms with Crippen molar-refractivity contribution in [3.63, 3.8) is 0 Å². The first kappa shape index (κ1) is 9.90. The van der Waals surface area contributed by atoms with Crippen LogP contribution in [0.2, 0.25) is 0 Å². The van der Waals surface area contributed by atoms with Gasteiger partial charge in [0, 0.05) is 12.0 Å². The number of hydrogen-bond acceptors (Lipinski definition) is 5. The molecule has 0 atom stereocenters. The van der Waals surface area contributed by atoms with Crippen LogP contribution < -0.4 is 0 Å². The minimum absolute atomic E-state index is 0.314. The van der Waals surface area contributed by atoms with E-state index in [0.29, 0.717) is 0 Å². The van der Waals surface area contributed by atoms with E-state index in [9.17, 15) is 9.59 Å². The molecule has 0 unspecified atom stereocenters. The third kappa shape index (κ3) is 5.35. The lowest BCUT2D eigenvalue weighted by Gasteiger charge is -2.01. The van der Waals surface area contributed by atoms with Gasteiger partial charge >= 0.3 is 11.9 Å². The Labute approximate surface area is 64.1 Å². The Hall–Kier alpha value is -1.10. The third-order valence-electron chi connectivity index (χ3n) is 0.739. The Morgan fingerprint density at radius 1 is 1.18 bits per heavy atom. The Bertz CT molecular complexity index is 151. The Balaban J connectivity index is 3.39. The highest BCUT2D eigenvalue weighted by Crippen LogP contribution is 1.96. The van der Waals surface area contributed by atoms with E-state index in [1.807, 2.05) is 0 Å². The fourth-order valence-corrected chi connectivity index (χ4v) is 0.195. The highest BCUT2D eigenvalue weighted by Gasteiger charge is 2.10.